The average Bonchev–Trinajstić information content (AvgIpc) is 3.20. The van der Waals surface area contributed by atoms with Gasteiger partial charge in [-0.05, 0) is 55.3 Å². The maximum Gasteiger partial charge on any atom is 0.216 e. The molecule has 156 valence electrons. The summed E-state index contributed by atoms with van der Waals surface area (Å²) in [6.45, 7) is 13.5. The Morgan fingerprint density at radius 3 is 2.61 bits per heavy atom. The fourth-order valence-electron chi connectivity index (χ4n) is 4.94. The first-order chi connectivity index (χ1) is 16.2. The van der Waals surface area contributed by atoms with Gasteiger partial charge in [0.1, 0.15) is 18.2 Å². The van der Waals surface area contributed by atoms with Crippen LogP contribution in [-0.2, 0) is 7.05 Å². The van der Waals surface area contributed by atoms with Crippen LogP contribution in [0.25, 0.3) is 38.0 Å². The van der Waals surface area contributed by atoms with E-state index in [2.05, 4.69) is 4.85 Å². The predicted molar refractivity (Wildman–Crippen MR) is 127 cm³/mol. The van der Waals surface area contributed by atoms with Crippen molar-refractivity contribution in [2.75, 3.05) is 0 Å². The van der Waals surface area contributed by atoms with Crippen LogP contribution >= 0.6 is 0 Å². The Kier molecular flexibility index (Phi) is 4.02. The summed E-state index contributed by atoms with van der Waals surface area (Å²) in [7, 11) is 1.89. The first kappa shape index (κ1) is 16.6. The Labute approximate surface area is 188 Å². The molecular formula is C28H29N2O+. The van der Waals surface area contributed by atoms with Gasteiger partial charge in [-0.3, -0.25) is 0 Å². The van der Waals surface area contributed by atoms with Gasteiger partial charge in [-0.15, -0.1) is 0 Å². The maximum atomic E-state index is 9.16. The van der Waals surface area contributed by atoms with Gasteiger partial charge < -0.3 is 4.42 Å². The molecule has 31 heavy (non-hydrogen) atoms. The van der Waals surface area contributed by atoms with E-state index in [0.717, 1.165) is 71.0 Å². The smallest absolute Gasteiger partial charge is 0.216 e. The number of aryl methyl sites for hydroxylation is 1. The van der Waals surface area contributed by atoms with Crippen LogP contribution < -0.4 is 4.57 Å². The van der Waals surface area contributed by atoms with Crippen molar-refractivity contribution in [2.45, 2.75) is 58.8 Å². The molecule has 2 heterocycles. The second-order valence-corrected chi connectivity index (χ2v) is 8.75. The lowest BCUT2D eigenvalue weighted by Crippen LogP contribution is -2.35. The zero-order valence-electron chi connectivity index (χ0n) is 21.6. The van der Waals surface area contributed by atoms with Crippen molar-refractivity contribution < 1.29 is 13.1 Å². The van der Waals surface area contributed by atoms with Crippen molar-refractivity contribution in [1.82, 2.24) is 0 Å². The van der Waals surface area contributed by atoms with E-state index >= 15 is 0 Å². The van der Waals surface area contributed by atoms with Gasteiger partial charge in [-0.1, -0.05) is 37.5 Å². The second kappa shape index (κ2) is 7.54. The zero-order valence-corrected chi connectivity index (χ0v) is 18.6. The van der Waals surface area contributed by atoms with Crippen LogP contribution in [0.2, 0.25) is 0 Å². The highest BCUT2D eigenvalue weighted by atomic mass is 16.3. The summed E-state index contributed by atoms with van der Waals surface area (Å²) >= 11 is 0. The predicted octanol–water partition coefficient (Wildman–Crippen LogP) is 7.60. The second-order valence-electron chi connectivity index (χ2n) is 8.75. The molecule has 1 fully saturated rings. The average molecular weight is 413 g/mol. The summed E-state index contributed by atoms with van der Waals surface area (Å²) in [5.74, 6) is -0.734. The number of benzene rings is 2. The maximum absolute atomic E-state index is 9.16. The molecule has 3 heteroatoms. The van der Waals surface area contributed by atoms with Crippen molar-refractivity contribution in [3.8, 4) is 11.3 Å². The minimum atomic E-state index is -0.734. The highest BCUT2D eigenvalue weighted by molar-refractivity contribution is 6.10. The summed E-state index contributed by atoms with van der Waals surface area (Å²) in [5, 5.41) is 1.84. The van der Waals surface area contributed by atoms with Crippen LogP contribution in [0.5, 0.6) is 0 Å². The number of nitrogens with zero attached hydrogens (tertiary/aromatic N) is 2. The van der Waals surface area contributed by atoms with Crippen LogP contribution in [0.4, 0.5) is 5.69 Å². The number of fused-ring (bicyclic) bond motifs is 3. The van der Waals surface area contributed by atoms with Crippen molar-refractivity contribution in [1.29, 1.82) is 0 Å². The molecule has 0 aliphatic heterocycles. The lowest BCUT2D eigenvalue weighted by Gasteiger charge is -2.23. The Balaban J connectivity index is 1.85. The van der Waals surface area contributed by atoms with E-state index in [-0.39, 0.29) is 0 Å². The highest BCUT2D eigenvalue weighted by Gasteiger charge is 2.24. The van der Waals surface area contributed by atoms with E-state index in [1.54, 1.807) is 6.07 Å². The number of furan rings is 1. The highest BCUT2D eigenvalue weighted by Crippen LogP contribution is 2.43. The standard InChI is InChI=1S/C28H29N2O/c1-17-13-19(3)30(5)25(14-17)27-18(2)11-12-21-23-15-22(20-9-7-6-8-10-20)24(29-4)16-26(23)31-28(21)27/h11-16,20H,6-10H2,1-3,5H3/q+1/i13D,14D,20D. The third kappa shape index (κ3) is 3.22. The Bertz CT molecular complexity index is 1490. The van der Waals surface area contributed by atoms with E-state index in [4.69, 9.17) is 15.1 Å². The van der Waals surface area contributed by atoms with Gasteiger partial charge >= 0.3 is 0 Å². The van der Waals surface area contributed by atoms with E-state index in [1.165, 1.54) is 0 Å². The topological polar surface area (TPSA) is 21.4 Å². The lowest BCUT2D eigenvalue weighted by molar-refractivity contribution is -0.666. The molecule has 5 rings (SSSR count). The van der Waals surface area contributed by atoms with E-state index < -0.39 is 5.89 Å². The molecule has 1 aliphatic rings. The third-order valence-electron chi connectivity index (χ3n) is 6.67. The fraction of sp³-hybridized carbons (Fsp3) is 0.357. The molecule has 4 aromatic rings. The first-order valence-electron chi connectivity index (χ1n) is 12.5. The molecule has 0 N–H and O–H groups in total. The Morgan fingerprint density at radius 1 is 1.10 bits per heavy atom. The van der Waals surface area contributed by atoms with Crippen molar-refractivity contribution in [2.24, 2.45) is 7.05 Å². The summed E-state index contributed by atoms with van der Waals surface area (Å²) in [6, 6.07) is 8.60. The largest absolute Gasteiger partial charge is 0.456 e. The Hall–Kier alpha value is -3.12. The summed E-state index contributed by atoms with van der Waals surface area (Å²) in [6.07, 6.45) is 4.73. The molecule has 1 aliphatic carbocycles. The van der Waals surface area contributed by atoms with Crippen molar-refractivity contribution in [3.63, 3.8) is 0 Å². The number of hydrogen-bond donors (Lipinski definition) is 0. The molecule has 0 spiro atoms. The minimum absolute atomic E-state index is 0.323. The summed E-state index contributed by atoms with van der Waals surface area (Å²) in [5.41, 5.74) is 6.62. The van der Waals surface area contributed by atoms with Gasteiger partial charge in [0.25, 0.3) is 0 Å². The molecule has 2 aromatic carbocycles. The molecule has 0 bridgehead atoms. The third-order valence-corrected chi connectivity index (χ3v) is 6.67. The first-order valence-corrected chi connectivity index (χ1v) is 11.0. The molecule has 0 amide bonds. The van der Waals surface area contributed by atoms with Crippen LogP contribution in [0.15, 0.2) is 40.8 Å². The van der Waals surface area contributed by atoms with Crippen molar-refractivity contribution in [3.05, 3.63) is 70.2 Å². The number of hydrogen-bond acceptors (Lipinski definition) is 1. The number of aromatic nitrogens is 1. The van der Waals surface area contributed by atoms with Gasteiger partial charge in [0.15, 0.2) is 11.4 Å². The monoisotopic (exact) mass is 412 g/mol. The van der Waals surface area contributed by atoms with Gasteiger partial charge in [0.05, 0.1) is 14.9 Å². The van der Waals surface area contributed by atoms with Crippen LogP contribution in [-0.4, -0.2) is 0 Å². The number of pyridine rings is 1. The Morgan fingerprint density at radius 2 is 1.87 bits per heavy atom. The van der Waals surface area contributed by atoms with Gasteiger partial charge in [0, 0.05) is 31.2 Å². The molecular weight excluding hydrogens is 380 g/mol. The van der Waals surface area contributed by atoms with Gasteiger partial charge in [-0.25, -0.2) is 4.85 Å². The molecule has 3 nitrogen and oxygen atoms in total. The zero-order chi connectivity index (χ0) is 24.4. The molecule has 0 unspecified atom stereocenters. The van der Waals surface area contributed by atoms with Gasteiger partial charge in [-0.2, -0.15) is 4.57 Å². The molecule has 0 saturated heterocycles. The summed E-state index contributed by atoms with van der Waals surface area (Å²) in [4.78, 5) is 3.79. The van der Waals surface area contributed by atoms with Gasteiger partial charge in [0.2, 0.25) is 5.69 Å². The van der Waals surface area contributed by atoms with E-state index in [9.17, 15) is 0 Å². The molecule has 2 aromatic heterocycles. The number of rotatable bonds is 2. The SMILES string of the molecule is [2H]c1c(C)c([2H])c(-c2c(C)ccc3c2oc2cc([N+]#[C-])c(C4([2H])CCCCC4)cc23)[n+](C)c1C. The molecule has 0 atom stereocenters. The lowest BCUT2D eigenvalue weighted by atomic mass is 9.83. The van der Waals surface area contributed by atoms with Crippen LogP contribution in [0, 0.1) is 27.3 Å². The van der Waals surface area contributed by atoms with Crippen molar-refractivity contribution >= 4 is 27.6 Å². The van der Waals surface area contributed by atoms with Crippen LogP contribution in [0.3, 0.4) is 0 Å². The molecule has 1 saturated carbocycles. The van der Waals surface area contributed by atoms with Crippen LogP contribution in [0.1, 0.15) is 64.5 Å². The van der Waals surface area contributed by atoms with E-state index in [0.29, 0.717) is 34.5 Å². The minimum Gasteiger partial charge on any atom is -0.456 e. The fourth-order valence-corrected chi connectivity index (χ4v) is 4.94. The van der Waals surface area contributed by atoms with E-state index in [1.807, 2.05) is 50.6 Å². The summed E-state index contributed by atoms with van der Waals surface area (Å²) < 4.78 is 34.7. The quantitative estimate of drug-likeness (QED) is 0.245. The normalized spacial score (nSPS) is 17.3. The molecule has 0 radical (unpaired) electrons.